The molecule has 3 N–H and O–H groups in total. The number of allylic oxidation sites excluding steroid dienone is 13. The fourth-order valence-corrected chi connectivity index (χ4v) is 5.73. The number of unbranched alkanes of at least 4 members (excludes halogenated alkanes) is 12. The highest BCUT2D eigenvalue weighted by molar-refractivity contribution is 7.85. The van der Waals surface area contributed by atoms with Crippen LogP contribution >= 0.6 is 0 Å². The number of amides is 1. The van der Waals surface area contributed by atoms with Crippen molar-refractivity contribution in [2.75, 3.05) is 5.75 Å². The van der Waals surface area contributed by atoms with Gasteiger partial charge in [0.1, 0.15) is 0 Å². The maximum atomic E-state index is 12.5. The standard InChI is InChI=1S/C41H69NO5S/c1-3-5-7-9-11-13-15-17-19-20-21-22-23-25-27-29-31-33-35-37-41(44)42-39(38-48(45,46)47)40(43)36-34-32-30-28-26-24-18-16-14-12-10-8-6-4-2/h5,7,11,13-14,16-17,19,21-22,26,28,34,36,39-40,43H,3-4,6,8-10,12,15,18,20,23-25,27,29-33,35,37-38H2,1-2H3,(H,42,44)(H,45,46,47)/b7-5-,13-11-,16-14+,19-17-,22-21-,28-26+,36-34+. The number of carbonyl (C=O) groups is 1. The van der Waals surface area contributed by atoms with E-state index in [1.807, 2.05) is 0 Å². The molecule has 0 spiro atoms. The highest BCUT2D eigenvalue weighted by atomic mass is 32.2. The summed E-state index contributed by atoms with van der Waals surface area (Å²) in [6.45, 7) is 4.37. The van der Waals surface area contributed by atoms with Gasteiger partial charge in [-0.15, -0.1) is 0 Å². The first-order chi connectivity index (χ1) is 23.3. The van der Waals surface area contributed by atoms with E-state index in [-0.39, 0.29) is 12.3 Å². The van der Waals surface area contributed by atoms with Crippen LogP contribution < -0.4 is 5.32 Å². The number of rotatable bonds is 32. The second-order valence-corrected chi connectivity index (χ2v) is 13.9. The molecule has 1 amide bonds. The molecule has 274 valence electrons. The molecule has 6 nitrogen and oxygen atoms in total. The fraction of sp³-hybridized carbons (Fsp3) is 0.634. The maximum absolute atomic E-state index is 12.5. The third-order valence-corrected chi connectivity index (χ3v) is 8.56. The molecule has 2 atom stereocenters. The fourth-order valence-electron chi connectivity index (χ4n) is 5.00. The van der Waals surface area contributed by atoms with E-state index in [1.165, 1.54) is 31.8 Å². The Balaban J connectivity index is 4.09. The molecule has 0 heterocycles. The van der Waals surface area contributed by atoms with Crippen molar-refractivity contribution >= 4 is 16.0 Å². The van der Waals surface area contributed by atoms with Crippen molar-refractivity contribution in [3.05, 3.63) is 85.1 Å². The Morgan fingerprint density at radius 1 is 0.583 bits per heavy atom. The Kier molecular flexibility index (Phi) is 32.6. The molecule has 0 aliphatic rings. The highest BCUT2D eigenvalue weighted by Gasteiger charge is 2.24. The van der Waals surface area contributed by atoms with Gasteiger partial charge in [-0.1, -0.05) is 144 Å². The van der Waals surface area contributed by atoms with Crippen molar-refractivity contribution in [3.8, 4) is 0 Å². The van der Waals surface area contributed by atoms with Crippen LogP contribution in [0.15, 0.2) is 85.1 Å². The zero-order valence-corrected chi connectivity index (χ0v) is 31.1. The molecule has 0 aliphatic heterocycles. The molecular weight excluding hydrogens is 619 g/mol. The van der Waals surface area contributed by atoms with Gasteiger partial charge in [-0.3, -0.25) is 9.35 Å². The number of aliphatic hydroxyl groups is 1. The Morgan fingerprint density at radius 3 is 1.56 bits per heavy atom. The van der Waals surface area contributed by atoms with E-state index in [0.29, 0.717) is 12.8 Å². The van der Waals surface area contributed by atoms with Crippen LogP contribution in [0.5, 0.6) is 0 Å². The van der Waals surface area contributed by atoms with E-state index in [9.17, 15) is 22.9 Å². The first kappa shape index (κ1) is 45.5. The second-order valence-electron chi connectivity index (χ2n) is 12.4. The van der Waals surface area contributed by atoms with Crippen LogP contribution in [0.2, 0.25) is 0 Å². The number of hydrogen-bond acceptors (Lipinski definition) is 4. The zero-order valence-electron chi connectivity index (χ0n) is 30.3. The molecule has 0 rings (SSSR count). The largest absolute Gasteiger partial charge is 0.387 e. The molecule has 0 aromatic heterocycles. The van der Waals surface area contributed by atoms with Gasteiger partial charge in [0, 0.05) is 6.42 Å². The minimum Gasteiger partial charge on any atom is -0.387 e. The number of aliphatic hydroxyl groups excluding tert-OH is 1. The summed E-state index contributed by atoms with van der Waals surface area (Å²) in [5.74, 6) is -1.04. The van der Waals surface area contributed by atoms with Gasteiger partial charge in [0.15, 0.2) is 0 Å². The summed E-state index contributed by atoms with van der Waals surface area (Å²) in [5, 5.41) is 13.1. The molecule has 0 saturated heterocycles. The van der Waals surface area contributed by atoms with Crippen LogP contribution in [-0.2, 0) is 14.9 Å². The second kappa shape index (κ2) is 34.4. The Bertz CT molecular complexity index is 1070. The Hall–Kier alpha value is -2.48. The molecular formula is C41H69NO5S. The topological polar surface area (TPSA) is 104 Å². The summed E-state index contributed by atoms with van der Waals surface area (Å²) in [6.07, 6.45) is 49.9. The quantitative estimate of drug-likeness (QED) is 0.0371. The van der Waals surface area contributed by atoms with E-state index in [0.717, 1.165) is 89.9 Å². The summed E-state index contributed by atoms with van der Waals surface area (Å²) >= 11 is 0. The van der Waals surface area contributed by atoms with Gasteiger partial charge >= 0.3 is 0 Å². The van der Waals surface area contributed by atoms with Gasteiger partial charge in [0.2, 0.25) is 5.91 Å². The molecule has 0 saturated carbocycles. The molecule has 48 heavy (non-hydrogen) atoms. The van der Waals surface area contributed by atoms with Crippen molar-refractivity contribution in [2.24, 2.45) is 0 Å². The van der Waals surface area contributed by atoms with Gasteiger partial charge in [0.05, 0.1) is 17.9 Å². The van der Waals surface area contributed by atoms with Crippen molar-refractivity contribution in [2.45, 2.75) is 161 Å². The number of hydrogen-bond donors (Lipinski definition) is 3. The van der Waals surface area contributed by atoms with Crippen molar-refractivity contribution in [3.63, 3.8) is 0 Å². The lowest BCUT2D eigenvalue weighted by molar-refractivity contribution is -0.122. The molecule has 0 aromatic rings. The summed E-state index contributed by atoms with van der Waals surface area (Å²) < 4.78 is 32.4. The molecule has 7 heteroatoms. The Morgan fingerprint density at radius 2 is 1.02 bits per heavy atom. The van der Waals surface area contributed by atoms with Crippen LogP contribution in [0.4, 0.5) is 0 Å². The van der Waals surface area contributed by atoms with Crippen molar-refractivity contribution in [1.82, 2.24) is 5.32 Å². The predicted molar refractivity (Wildman–Crippen MR) is 207 cm³/mol. The third-order valence-electron chi connectivity index (χ3n) is 7.78. The minimum atomic E-state index is -4.36. The summed E-state index contributed by atoms with van der Waals surface area (Å²) in [5.41, 5.74) is 0. The lowest BCUT2D eigenvalue weighted by atomic mass is 10.1. The maximum Gasteiger partial charge on any atom is 0.267 e. The van der Waals surface area contributed by atoms with Crippen LogP contribution in [0.1, 0.15) is 149 Å². The van der Waals surface area contributed by atoms with E-state index in [4.69, 9.17) is 0 Å². The highest BCUT2D eigenvalue weighted by Crippen LogP contribution is 2.10. The van der Waals surface area contributed by atoms with E-state index >= 15 is 0 Å². The van der Waals surface area contributed by atoms with E-state index in [2.05, 4.69) is 92.1 Å². The average molecular weight is 688 g/mol. The van der Waals surface area contributed by atoms with Gasteiger partial charge in [-0.25, -0.2) is 0 Å². The molecule has 2 unspecified atom stereocenters. The summed E-state index contributed by atoms with van der Waals surface area (Å²) in [4.78, 5) is 12.5. The van der Waals surface area contributed by atoms with Crippen LogP contribution in [-0.4, -0.2) is 41.9 Å². The number of carbonyl (C=O) groups excluding carboxylic acids is 1. The monoisotopic (exact) mass is 687 g/mol. The van der Waals surface area contributed by atoms with Gasteiger partial charge in [-0.05, 0) is 83.5 Å². The molecule has 0 fully saturated rings. The summed E-state index contributed by atoms with van der Waals surface area (Å²) in [6, 6.07) is -1.09. The SMILES string of the molecule is CC/C=C\C/C=C\C/C=C\C/C=C\CCCCCCCCC(=O)NC(CS(=O)(=O)O)C(O)/C=C/CC/C=C/CC/C=C/CCCCCC. The van der Waals surface area contributed by atoms with E-state index < -0.39 is 28.0 Å². The normalized spacial score (nSPS) is 14.3. The smallest absolute Gasteiger partial charge is 0.267 e. The lowest BCUT2D eigenvalue weighted by Gasteiger charge is -2.21. The first-order valence-corrected chi connectivity index (χ1v) is 20.4. The van der Waals surface area contributed by atoms with Gasteiger partial charge in [0.25, 0.3) is 10.1 Å². The van der Waals surface area contributed by atoms with E-state index in [1.54, 1.807) is 6.08 Å². The first-order valence-electron chi connectivity index (χ1n) is 18.8. The predicted octanol–water partition coefficient (Wildman–Crippen LogP) is 10.8. The van der Waals surface area contributed by atoms with Crippen LogP contribution in [0.3, 0.4) is 0 Å². The number of nitrogens with one attached hydrogen (secondary N) is 1. The van der Waals surface area contributed by atoms with Crippen LogP contribution in [0, 0.1) is 0 Å². The Labute approximate surface area is 295 Å². The lowest BCUT2D eigenvalue weighted by Crippen LogP contribution is -2.46. The van der Waals surface area contributed by atoms with Crippen molar-refractivity contribution < 1.29 is 22.9 Å². The molecule has 0 bridgehead atoms. The third kappa shape index (κ3) is 34.8. The van der Waals surface area contributed by atoms with Crippen LogP contribution in [0.25, 0.3) is 0 Å². The molecule has 0 aliphatic carbocycles. The minimum absolute atomic E-state index is 0.263. The zero-order chi connectivity index (χ0) is 35.4. The molecule has 0 aromatic carbocycles. The van der Waals surface area contributed by atoms with Gasteiger partial charge in [-0.2, -0.15) is 8.42 Å². The van der Waals surface area contributed by atoms with Crippen molar-refractivity contribution in [1.29, 1.82) is 0 Å². The molecule has 0 radical (unpaired) electrons. The summed E-state index contributed by atoms with van der Waals surface area (Å²) in [7, 11) is -4.36. The average Bonchev–Trinajstić information content (AvgIpc) is 3.05. The van der Waals surface area contributed by atoms with Gasteiger partial charge < -0.3 is 10.4 Å².